The van der Waals surface area contributed by atoms with Crippen LogP contribution in [0.25, 0.3) is 22.2 Å². The van der Waals surface area contributed by atoms with Gasteiger partial charge in [0.15, 0.2) is 5.78 Å². The Kier molecular flexibility index (Phi) is 4.22. The lowest BCUT2D eigenvalue weighted by molar-refractivity contribution is 0.104. The third kappa shape index (κ3) is 2.70. The molecule has 0 unspecified atom stereocenters. The van der Waals surface area contributed by atoms with Crippen molar-refractivity contribution in [3.63, 3.8) is 0 Å². The summed E-state index contributed by atoms with van der Waals surface area (Å²) in [5.41, 5.74) is 5.13. The van der Waals surface area contributed by atoms with Gasteiger partial charge in [0, 0.05) is 23.1 Å². The largest absolute Gasteiger partial charge is 0.384 e. The first kappa shape index (κ1) is 15.8. The Labute approximate surface area is 148 Å². The van der Waals surface area contributed by atoms with Crippen LogP contribution in [-0.4, -0.2) is 17.3 Å². The van der Waals surface area contributed by atoms with Gasteiger partial charge >= 0.3 is 0 Å². The Morgan fingerprint density at radius 2 is 1.68 bits per heavy atom. The highest BCUT2D eigenvalue weighted by Gasteiger charge is 2.31. The van der Waals surface area contributed by atoms with Gasteiger partial charge in [0.1, 0.15) is 0 Å². The van der Waals surface area contributed by atoms with Gasteiger partial charge in [-0.2, -0.15) is 0 Å². The van der Waals surface area contributed by atoms with Gasteiger partial charge in [0.2, 0.25) is 0 Å². The molecular weight excluding hydrogens is 308 g/mol. The number of benzene rings is 2. The van der Waals surface area contributed by atoms with Crippen LogP contribution in [0.4, 0.5) is 5.69 Å². The number of aromatic nitrogens is 1. The normalized spacial score (nSPS) is 12.3. The molecule has 0 atom stereocenters. The van der Waals surface area contributed by atoms with Crippen molar-refractivity contribution in [1.82, 2.24) is 4.98 Å². The lowest BCUT2D eigenvalue weighted by atomic mass is 10.0. The topological polar surface area (TPSA) is 42.0 Å². The lowest BCUT2D eigenvalue weighted by Gasteiger charge is -2.14. The van der Waals surface area contributed by atoms with E-state index in [0.29, 0.717) is 0 Å². The second-order valence-electron chi connectivity index (χ2n) is 6.59. The summed E-state index contributed by atoms with van der Waals surface area (Å²) in [7, 11) is 0. The maximum absolute atomic E-state index is 13.0. The molecule has 0 amide bonds. The summed E-state index contributed by atoms with van der Waals surface area (Å²) < 4.78 is 0. The van der Waals surface area contributed by atoms with Crippen LogP contribution in [-0.2, 0) is 0 Å². The first-order valence-electron chi connectivity index (χ1n) is 9.12. The highest BCUT2D eigenvalue weighted by molar-refractivity contribution is 6.26. The fourth-order valence-electron chi connectivity index (χ4n) is 3.60. The monoisotopic (exact) mass is 330 g/mol. The summed E-state index contributed by atoms with van der Waals surface area (Å²) >= 11 is 0. The van der Waals surface area contributed by atoms with Crippen molar-refractivity contribution < 1.29 is 4.79 Å². The van der Waals surface area contributed by atoms with Crippen LogP contribution in [0.5, 0.6) is 0 Å². The molecule has 0 fully saturated rings. The van der Waals surface area contributed by atoms with Gasteiger partial charge in [0.25, 0.3) is 0 Å². The van der Waals surface area contributed by atoms with E-state index < -0.39 is 0 Å². The fraction of sp³-hybridized carbons (Fsp3) is 0.273. The number of hydrogen-bond acceptors (Lipinski definition) is 3. The van der Waals surface area contributed by atoms with E-state index in [1.54, 1.807) is 0 Å². The average molecular weight is 330 g/mol. The zero-order valence-electron chi connectivity index (χ0n) is 14.5. The number of nitrogens with zero attached hydrogens (tertiary/aromatic N) is 1. The second-order valence-corrected chi connectivity index (χ2v) is 6.59. The number of unbranched alkanes of at least 4 members (excludes halogenated alkanes) is 3. The summed E-state index contributed by atoms with van der Waals surface area (Å²) in [4.78, 5) is 17.8. The minimum absolute atomic E-state index is 0.0833. The van der Waals surface area contributed by atoms with Gasteiger partial charge in [0.05, 0.1) is 22.5 Å². The quantitative estimate of drug-likeness (QED) is 0.479. The van der Waals surface area contributed by atoms with Crippen LogP contribution in [0.1, 0.15) is 48.5 Å². The number of carbonyl (C=O) groups excluding carboxylic acids is 1. The van der Waals surface area contributed by atoms with Crippen molar-refractivity contribution in [3.8, 4) is 11.3 Å². The maximum Gasteiger partial charge on any atom is 0.198 e. The summed E-state index contributed by atoms with van der Waals surface area (Å²) in [6.07, 6.45) is 4.80. The number of rotatable bonds is 6. The van der Waals surface area contributed by atoms with Crippen LogP contribution in [0.15, 0.2) is 48.5 Å². The Balaban J connectivity index is 1.80. The molecule has 126 valence electrons. The molecule has 4 rings (SSSR count). The molecule has 1 heterocycles. The highest BCUT2D eigenvalue weighted by Crippen LogP contribution is 2.41. The first-order chi connectivity index (χ1) is 12.3. The number of ketones is 1. The van der Waals surface area contributed by atoms with Crippen LogP contribution in [0, 0.1) is 0 Å². The molecule has 0 saturated heterocycles. The fourth-order valence-corrected chi connectivity index (χ4v) is 3.60. The van der Waals surface area contributed by atoms with Crippen molar-refractivity contribution in [2.75, 3.05) is 11.9 Å². The number of carbonyl (C=O) groups is 1. The van der Waals surface area contributed by atoms with Crippen molar-refractivity contribution >= 4 is 22.4 Å². The Morgan fingerprint density at radius 3 is 2.52 bits per heavy atom. The standard InChI is InChI=1S/C22H22N2O/c1-2-3-4-9-14-23-20-17-12-7-8-13-18(17)24-21-15-10-5-6-11-16(15)22(25)19(20)21/h5-8,10-13H,2-4,9,14H2,1H3,(H,23,24). The van der Waals surface area contributed by atoms with Crippen LogP contribution >= 0.6 is 0 Å². The Bertz CT molecular complexity index is 946. The molecule has 0 spiro atoms. The number of fused-ring (bicyclic) bond motifs is 4. The molecule has 3 nitrogen and oxygen atoms in total. The Hall–Kier alpha value is -2.68. The zero-order chi connectivity index (χ0) is 17.2. The summed E-state index contributed by atoms with van der Waals surface area (Å²) in [6, 6.07) is 15.8. The number of anilines is 1. The summed E-state index contributed by atoms with van der Waals surface area (Å²) in [5.74, 6) is 0.0833. The maximum atomic E-state index is 13.0. The smallest absolute Gasteiger partial charge is 0.198 e. The molecule has 3 heteroatoms. The van der Waals surface area contributed by atoms with E-state index in [2.05, 4.69) is 12.2 Å². The van der Waals surface area contributed by atoms with Gasteiger partial charge in [-0.3, -0.25) is 4.79 Å². The molecule has 1 aliphatic rings. The third-order valence-corrected chi connectivity index (χ3v) is 4.88. The molecule has 1 aromatic heterocycles. The van der Waals surface area contributed by atoms with E-state index in [4.69, 9.17) is 4.98 Å². The van der Waals surface area contributed by atoms with Gasteiger partial charge in [-0.1, -0.05) is 68.7 Å². The van der Waals surface area contributed by atoms with Gasteiger partial charge in [-0.25, -0.2) is 4.98 Å². The molecule has 0 bridgehead atoms. The predicted molar refractivity (Wildman–Crippen MR) is 103 cm³/mol. The van der Waals surface area contributed by atoms with Crippen LogP contribution in [0.3, 0.4) is 0 Å². The second kappa shape index (κ2) is 6.67. The SMILES string of the molecule is CCCCCCNc1c2c(nc3ccccc13)-c1ccccc1C2=O. The molecular formula is C22H22N2O. The number of nitrogens with one attached hydrogen (secondary N) is 1. The van der Waals surface area contributed by atoms with E-state index >= 15 is 0 Å². The Morgan fingerprint density at radius 1 is 0.920 bits per heavy atom. The molecule has 0 saturated carbocycles. The lowest BCUT2D eigenvalue weighted by Crippen LogP contribution is -2.08. The summed E-state index contributed by atoms with van der Waals surface area (Å²) in [6.45, 7) is 3.09. The number of para-hydroxylation sites is 1. The van der Waals surface area contributed by atoms with Gasteiger partial charge in [-0.15, -0.1) is 0 Å². The van der Waals surface area contributed by atoms with Crippen molar-refractivity contribution in [3.05, 3.63) is 59.7 Å². The van der Waals surface area contributed by atoms with E-state index in [0.717, 1.165) is 51.9 Å². The van der Waals surface area contributed by atoms with Gasteiger partial charge < -0.3 is 5.32 Å². The van der Waals surface area contributed by atoms with E-state index in [-0.39, 0.29) is 5.78 Å². The number of hydrogen-bond donors (Lipinski definition) is 1. The molecule has 25 heavy (non-hydrogen) atoms. The van der Waals surface area contributed by atoms with Gasteiger partial charge in [-0.05, 0) is 12.5 Å². The van der Waals surface area contributed by atoms with Crippen molar-refractivity contribution in [2.45, 2.75) is 32.6 Å². The first-order valence-corrected chi connectivity index (χ1v) is 9.12. The van der Waals surface area contributed by atoms with E-state index in [1.807, 2.05) is 48.5 Å². The minimum Gasteiger partial charge on any atom is -0.384 e. The van der Waals surface area contributed by atoms with Crippen molar-refractivity contribution in [1.29, 1.82) is 0 Å². The van der Waals surface area contributed by atoms with Crippen LogP contribution < -0.4 is 5.32 Å². The molecule has 1 aliphatic carbocycles. The average Bonchev–Trinajstić information content (AvgIpc) is 2.94. The minimum atomic E-state index is 0.0833. The number of pyridine rings is 1. The predicted octanol–water partition coefficient (Wildman–Crippen LogP) is 5.44. The molecule has 2 aromatic carbocycles. The molecule has 3 aromatic rings. The molecule has 1 N–H and O–H groups in total. The van der Waals surface area contributed by atoms with E-state index in [9.17, 15) is 4.79 Å². The van der Waals surface area contributed by atoms with E-state index in [1.165, 1.54) is 19.3 Å². The van der Waals surface area contributed by atoms with Crippen LogP contribution in [0.2, 0.25) is 0 Å². The third-order valence-electron chi connectivity index (χ3n) is 4.88. The molecule has 0 radical (unpaired) electrons. The zero-order valence-corrected chi connectivity index (χ0v) is 14.5. The van der Waals surface area contributed by atoms with Crippen molar-refractivity contribution in [2.24, 2.45) is 0 Å². The molecule has 0 aliphatic heterocycles. The highest BCUT2D eigenvalue weighted by atomic mass is 16.1. The summed E-state index contributed by atoms with van der Waals surface area (Å²) in [5, 5.41) is 4.58.